The number of likely N-dealkylation sites (tertiary alicyclic amines) is 1. The monoisotopic (exact) mass is 428 g/mol. The fourth-order valence-electron chi connectivity index (χ4n) is 3.12. The molecule has 166 valence electrons. The van der Waals surface area contributed by atoms with Gasteiger partial charge >= 0.3 is 12.1 Å². The van der Waals surface area contributed by atoms with E-state index in [-0.39, 0.29) is 30.9 Å². The lowest BCUT2D eigenvalue weighted by Gasteiger charge is -2.33. The maximum Gasteiger partial charge on any atom is 0.410 e. The number of piperidine rings is 1. The molecule has 31 heavy (non-hydrogen) atoms. The number of para-hydroxylation sites is 1. The third-order valence-corrected chi connectivity index (χ3v) is 4.48. The normalized spacial score (nSPS) is 16.5. The molecule has 1 fully saturated rings. The molecule has 0 aliphatic carbocycles. The number of rotatable bonds is 5. The third kappa shape index (κ3) is 6.80. The van der Waals surface area contributed by atoms with Crippen LogP contribution in [0, 0.1) is 5.92 Å². The maximum atomic E-state index is 12.6. The van der Waals surface area contributed by atoms with Crippen LogP contribution in [0.5, 0.6) is 0 Å². The number of nitrogens with one attached hydrogen (secondary N) is 1. The lowest BCUT2D eigenvalue weighted by Crippen LogP contribution is -2.45. The molecule has 10 heteroatoms. The number of nitrogens with two attached hydrogens (primary N) is 1. The number of carbonyl (C=O) groups excluding carboxylic acids is 2. The number of hydrogen-bond donors (Lipinski definition) is 2. The van der Waals surface area contributed by atoms with Gasteiger partial charge in [0.1, 0.15) is 5.60 Å². The van der Waals surface area contributed by atoms with Gasteiger partial charge in [-0.1, -0.05) is 18.2 Å². The number of ether oxygens (including phenoxy) is 2. The van der Waals surface area contributed by atoms with Gasteiger partial charge in [0, 0.05) is 18.8 Å². The standard InChI is InChI=1S/C21H28N6O4/c1-21(2,3)31-20(29)27-11-7-8-14(12-27)17(28)30-13-16-24-18(22)26-19(25-16)23-15-9-5-4-6-10-15/h4-6,9-10,14H,7-8,11-13H2,1-3H3,(H3,22,23,24,25,26). The second-order valence-electron chi connectivity index (χ2n) is 8.30. The van der Waals surface area contributed by atoms with Crippen LogP contribution in [0.4, 0.5) is 22.4 Å². The van der Waals surface area contributed by atoms with Crippen molar-refractivity contribution in [1.29, 1.82) is 0 Å². The van der Waals surface area contributed by atoms with Gasteiger partial charge in [-0.3, -0.25) is 4.79 Å². The minimum absolute atomic E-state index is 0.0215. The summed E-state index contributed by atoms with van der Waals surface area (Å²) in [6.07, 6.45) is 0.910. The summed E-state index contributed by atoms with van der Waals surface area (Å²) < 4.78 is 10.8. The zero-order valence-electron chi connectivity index (χ0n) is 18.0. The molecular weight excluding hydrogens is 400 g/mol. The Morgan fingerprint density at radius 1 is 1.19 bits per heavy atom. The van der Waals surface area contributed by atoms with Crippen molar-refractivity contribution in [2.75, 3.05) is 24.1 Å². The highest BCUT2D eigenvalue weighted by Gasteiger charge is 2.32. The summed E-state index contributed by atoms with van der Waals surface area (Å²) in [4.78, 5) is 38.7. The molecule has 10 nitrogen and oxygen atoms in total. The van der Waals surface area contributed by atoms with Crippen molar-refractivity contribution in [3.05, 3.63) is 36.2 Å². The van der Waals surface area contributed by atoms with E-state index in [4.69, 9.17) is 15.2 Å². The van der Waals surface area contributed by atoms with Crippen molar-refractivity contribution in [3.8, 4) is 0 Å². The van der Waals surface area contributed by atoms with Crippen molar-refractivity contribution < 1.29 is 19.1 Å². The van der Waals surface area contributed by atoms with E-state index in [0.717, 1.165) is 5.69 Å². The number of benzene rings is 1. The molecule has 1 amide bonds. The van der Waals surface area contributed by atoms with Crippen molar-refractivity contribution in [3.63, 3.8) is 0 Å². The van der Waals surface area contributed by atoms with E-state index in [0.29, 0.717) is 19.4 Å². The molecule has 1 saturated heterocycles. The Morgan fingerprint density at radius 3 is 2.65 bits per heavy atom. The minimum atomic E-state index is -0.589. The second kappa shape index (κ2) is 9.59. The number of nitrogen functional groups attached to an aromatic ring is 1. The van der Waals surface area contributed by atoms with Gasteiger partial charge in [-0.2, -0.15) is 15.0 Å². The minimum Gasteiger partial charge on any atom is -0.457 e. The summed E-state index contributed by atoms with van der Waals surface area (Å²) in [5.74, 6) is -0.321. The smallest absolute Gasteiger partial charge is 0.410 e. The third-order valence-electron chi connectivity index (χ3n) is 4.48. The van der Waals surface area contributed by atoms with Gasteiger partial charge in [0.2, 0.25) is 11.9 Å². The van der Waals surface area contributed by atoms with Crippen LogP contribution in [0.3, 0.4) is 0 Å². The second-order valence-corrected chi connectivity index (χ2v) is 8.30. The lowest BCUT2D eigenvalue weighted by molar-refractivity contribution is -0.151. The van der Waals surface area contributed by atoms with Crippen LogP contribution in [-0.4, -0.2) is 50.6 Å². The molecule has 2 aromatic rings. The number of anilines is 3. The Balaban J connectivity index is 1.57. The summed E-state index contributed by atoms with van der Waals surface area (Å²) in [6.45, 7) is 6.09. The molecule has 1 unspecified atom stereocenters. The van der Waals surface area contributed by atoms with Crippen LogP contribution in [0.15, 0.2) is 30.3 Å². The van der Waals surface area contributed by atoms with Crippen LogP contribution in [0.1, 0.15) is 39.4 Å². The summed E-state index contributed by atoms with van der Waals surface area (Å²) in [5, 5.41) is 3.03. The number of esters is 1. The first-order chi connectivity index (χ1) is 14.7. The highest BCUT2D eigenvalue weighted by molar-refractivity contribution is 5.75. The van der Waals surface area contributed by atoms with Gasteiger partial charge < -0.3 is 25.4 Å². The highest BCUT2D eigenvalue weighted by atomic mass is 16.6. The van der Waals surface area contributed by atoms with E-state index in [2.05, 4.69) is 20.3 Å². The molecule has 0 bridgehead atoms. The highest BCUT2D eigenvalue weighted by Crippen LogP contribution is 2.21. The van der Waals surface area contributed by atoms with Crippen LogP contribution in [0.2, 0.25) is 0 Å². The largest absolute Gasteiger partial charge is 0.457 e. The molecule has 2 heterocycles. The molecule has 1 aliphatic rings. The molecule has 0 saturated carbocycles. The zero-order chi connectivity index (χ0) is 22.4. The topological polar surface area (TPSA) is 133 Å². The number of carbonyl (C=O) groups is 2. The summed E-state index contributed by atoms with van der Waals surface area (Å²) in [5.41, 5.74) is 5.97. The van der Waals surface area contributed by atoms with E-state index in [1.54, 1.807) is 4.90 Å². The molecule has 1 atom stereocenters. The first kappa shape index (κ1) is 22.3. The Hall–Kier alpha value is -3.43. The van der Waals surface area contributed by atoms with E-state index >= 15 is 0 Å². The van der Waals surface area contributed by atoms with Gasteiger partial charge in [-0.25, -0.2) is 4.79 Å². The molecule has 1 aromatic heterocycles. The van der Waals surface area contributed by atoms with E-state index in [9.17, 15) is 9.59 Å². The number of aromatic nitrogens is 3. The number of nitrogens with zero attached hydrogens (tertiary/aromatic N) is 4. The van der Waals surface area contributed by atoms with Crippen molar-refractivity contribution in [2.24, 2.45) is 5.92 Å². The predicted molar refractivity (Wildman–Crippen MR) is 114 cm³/mol. The van der Waals surface area contributed by atoms with Crippen LogP contribution in [-0.2, 0) is 20.9 Å². The summed E-state index contributed by atoms with van der Waals surface area (Å²) in [7, 11) is 0. The Bertz CT molecular complexity index is 916. The number of amides is 1. The van der Waals surface area contributed by atoms with Crippen LogP contribution in [0.25, 0.3) is 0 Å². The predicted octanol–water partition coefficient (Wildman–Crippen LogP) is 2.89. The van der Waals surface area contributed by atoms with Gasteiger partial charge in [-0.05, 0) is 45.7 Å². The Morgan fingerprint density at radius 2 is 1.94 bits per heavy atom. The summed E-state index contributed by atoms with van der Waals surface area (Å²) >= 11 is 0. The molecule has 3 rings (SSSR count). The van der Waals surface area contributed by atoms with E-state index in [1.807, 2.05) is 51.1 Å². The molecule has 1 aliphatic heterocycles. The van der Waals surface area contributed by atoms with E-state index in [1.165, 1.54) is 0 Å². The van der Waals surface area contributed by atoms with Gasteiger partial charge in [-0.15, -0.1) is 0 Å². The zero-order valence-corrected chi connectivity index (χ0v) is 18.0. The molecule has 0 spiro atoms. The average Bonchev–Trinajstić information content (AvgIpc) is 2.71. The van der Waals surface area contributed by atoms with Crippen LogP contribution < -0.4 is 11.1 Å². The number of hydrogen-bond acceptors (Lipinski definition) is 9. The van der Waals surface area contributed by atoms with Gasteiger partial charge in [0.15, 0.2) is 12.4 Å². The SMILES string of the molecule is CC(C)(C)OC(=O)N1CCCC(C(=O)OCc2nc(N)nc(Nc3ccccc3)n2)C1. The fourth-order valence-corrected chi connectivity index (χ4v) is 3.12. The lowest BCUT2D eigenvalue weighted by atomic mass is 9.98. The summed E-state index contributed by atoms with van der Waals surface area (Å²) in [6, 6.07) is 9.37. The fraction of sp³-hybridized carbons (Fsp3) is 0.476. The maximum absolute atomic E-state index is 12.6. The molecular formula is C21H28N6O4. The molecule has 0 radical (unpaired) electrons. The van der Waals surface area contributed by atoms with Gasteiger partial charge in [0.25, 0.3) is 0 Å². The first-order valence-electron chi connectivity index (χ1n) is 10.2. The first-order valence-corrected chi connectivity index (χ1v) is 10.2. The van der Waals surface area contributed by atoms with Gasteiger partial charge in [0.05, 0.1) is 5.92 Å². The van der Waals surface area contributed by atoms with Crippen molar-refractivity contribution >= 4 is 29.6 Å². The Kier molecular flexibility index (Phi) is 6.88. The van der Waals surface area contributed by atoms with Crippen LogP contribution >= 0.6 is 0 Å². The van der Waals surface area contributed by atoms with Crippen molar-refractivity contribution in [2.45, 2.75) is 45.8 Å². The quantitative estimate of drug-likeness (QED) is 0.690. The average molecular weight is 428 g/mol. The van der Waals surface area contributed by atoms with Crippen molar-refractivity contribution in [1.82, 2.24) is 19.9 Å². The molecule has 1 aromatic carbocycles. The Labute approximate surface area is 181 Å². The molecule has 3 N–H and O–H groups in total. The van der Waals surface area contributed by atoms with E-state index < -0.39 is 23.6 Å².